The normalized spacial score (nSPS) is 11.2. The van der Waals surface area contributed by atoms with E-state index >= 15 is 0 Å². The molecule has 0 aliphatic heterocycles. The number of hydrogen-bond acceptors (Lipinski definition) is 2. The molecule has 0 unspecified atom stereocenters. The van der Waals surface area contributed by atoms with Gasteiger partial charge in [0.05, 0.1) is 11.0 Å². The van der Waals surface area contributed by atoms with Gasteiger partial charge in [0.25, 0.3) is 0 Å². The largest absolute Gasteiger partial charge is 0.356 e. The number of rotatable bonds is 6. The van der Waals surface area contributed by atoms with Crippen molar-refractivity contribution < 1.29 is 4.79 Å². The Morgan fingerprint density at radius 1 is 1.08 bits per heavy atom. The van der Waals surface area contributed by atoms with Crippen LogP contribution in [0.1, 0.15) is 12.2 Å². The molecule has 0 aliphatic carbocycles. The predicted molar refractivity (Wildman–Crippen MR) is 99.4 cm³/mol. The van der Waals surface area contributed by atoms with Crippen molar-refractivity contribution in [3.05, 3.63) is 66.6 Å². The second-order valence-electron chi connectivity index (χ2n) is 6.12. The number of aromatic amines is 1. The van der Waals surface area contributed by atoms with Crippen LogP contribution in [0.25, 0.3) is 21.9 Å². The number of aromatic nitrogens is 3. The maximum absolute atomic E-state index is 12.1. The summed E-state index contributed by atoms with van der Waals surface area (Å²) in [7, 11) is 0. The van der Waals surface area contributed by atoms with Gasteiger partial charge >= 0.3 is 0 Å². The Hall–Kier alpha value is -3.08. The molecule has 25 heavy (non-hydrogen) atoms. The fourth-order valence-electron chi connectivity index (χ4n) is 3.09. The summed E-state index contributed by atoms with van der Waals surface area (Å²) in [5.41, 5.74) is 3.16. The molecular formula is C20H20N4O. The molecule has 126 valence electrons. The number of imidazole rings is 1. The van der Waals surface area contributed by atoms with Crippen LogP contribution >= 0.6 is 0 Å². The first-order valence-corrected chi connectivity index (χ1v) is 8.54. The van der Waals surface area contributed by atoms with Crippen LogP contribution in [0.3, 0.4) is 0 Å². The molecule has 2 aromatic carbocycles. The summed E-state index contributed by atoms with van der Waals surface area (Å²) < 4.78 is 2.12. The minimum atomic E-state index is 0.0638. The van der Waals surface area contributed by atoms with E-state index in [0.717, 1.165) is 22.4 Å². The van der Waals surface area contributed by atoms with Crippen molar-refractivity contribution in [1.29, 1.82) is 0 Å². The minimum Gasteiger partial charge on any atom is -0.356 e. The summed E-state index contributed by atoms with van der Waals surface area (Å²) in [5.74, 6) is 0.965. The van der Waals surface area contributed by atoms with Crippen molar-refractivity contribution in [3.63, 3.8) is 0 Å². The Bertz CT molecular complexity index is 982. The van der Waals surface area contributed by atoms with Crippen molar-refractivity contribution in [2.45, 2.75) is 19.4 Å². The Morgan fingerprint density at radius 2 is 1.92 bits per heavy atom. The third-order valence-electron chi connectivity index (χ3n) is 4.38. The minimum absolute atomic E-state index is 0.0638. The van der Waals surface area contributed by atoms with Gasteiger partial charge in [-0.3, -0.25) is 4.79 Å². The lowest BCUT2D eigenvalue weighted by Gasteiger charge is -2.06. The lowest BCUT2D eigenvalue weighted by molar-refractivity contribution is -0.121. The van der Waals surface area contributed by atoms with Gasteiger partial charge in [-0.05, 0) is 29.7 Å². The second kappa shape index (κ2) is 6.81. The van der Waals surface area contributed by atoms with E-state index in [2.05, 4.69) is 38.1 Å². The van der Waals surface area contributed by atoms with Crippen molar-refractivity contribution in [1.82, 2.24) is 19.9 Å². The molecule has 1 amide bonds. The number of amides is 1. The lowest BCUT2D eigenvalue weighted by atomic mass is 10.2. The Kier molecular flexibility index (Phi) is 4.21. The fraction of sp³-hybridized carbons (Fsp3) is 0.200. The molecule has 5 nitrogen and oxygen atoms in total. The molecule has 4 rings (SSSR count). The highest BCUT2D eigenvalue weighted by Gasteiger charge is 2.06. The van der Waals surface area contributed by atoms with Crippen molar-refractivity contribution in [3.8, 4) is 0 Å². The number of nitrogens with one attached hydrogen (secondary N) is 2. The van der Waals surface area contributed by atoms with Crippen LogP contribution in [0.5, 0.6) is 0 Å². The summed E-state index contributed by atoms with van der Waals surface area (Å²) in [6, 6.07) is 18.2. The van der Waals surface area contributed by atoms with E-state index in [1.807, 2.05) is 42.6 Å². The average Bonchev–Trinajstić information content (AvgIpc) is 3.23. The maximum atomic E-state index is 12.1. The molecule has 0 spiro atoms. The molecule has 4 aromatic rings. The summed E-state index contributed by atoms with van der Waals surface area (Å²) in [6.45, 7) is 1.27. The molecule has 0 aliphatic rings. The number of H-pyrrole nitrogens is 1. The van der Waals surface area contributed by atoms with Gasteiger partial charge in [-0.1, -0.05) is 30.3 Å². The summed E-state index contributed by atoms with van der Waals surface area (Å²) in [6.07, 6.45) is 3.21. The highest BCUT2D eigenvalue weighted by molar-refractivity contribution is 5.80. The number of carbonyl (C=O) groups is 1. The van der Waals surface area contributed by atoms with E-state index in [-0.39, 0.29) is 5.91 Å². The summed E-state index contributed by atoms with van der Waals surface area (Å²) in [4.78, 5) is 19.9. The van der Waals surface area contributed by atoms with Crippen molar-refractivity contribution in [2.75, 3.05) is 6.54 Å². The number of fused-ring (bicyclic) bond motifs is 2. The second-order valence-corrected chi connectivity index (χ2v) is 6.12. The van der Waals surface area contributed by atoms with Gasteiger partial charge in [-0.2, -0.15) is 0 Å². The van der Waals surface area contributed by atoms with Crippen LogP contribution < -0.4 is 5.32 Å². The van der Waals surface area contributed by atoms with Crippen LogP contribution in [-0.4, -0.2) is 27.0 Å². The Labute approximate surface area is 145 Å². The zero-order chi connectivity index (χ0) is 17.1. The smallest absolute Gasteiger partial charge is 0.221 e. The quantitative estimate of drug-likeness (QED) is 0.569. The van der Waals surface area contributed by atoms with Crippen molar-refractivity contribution in [2.24, 2.45) is 0 Å². The molecule has 2 N–H and O–H groups in total. The first-order chi connectivity index (χ1) is 12.3. The van der Waals surface area contributed by atoms with Crippen LogP contribution in [0.4, 0.5) is 0 Å². The molecule has 2 heterocycles. The molecule has 5 heteroatoms. The van der Waals surface area contributed by atoms with Gasteiger partial charge in [0.15, 0.2) is 0 Å². The van der Waals surface area contributed by atoms with Crippen molar-refractivity contribution >= 4 is 27.8 Å². The lowest BCUT2D eigenvalue weighted by Crippen LogP contribution is -2.26. The third-order valence-corrected chi connectivity index (χ3v) is 4.38. The average molecular weight is 332 g/mol. The number of nitrogens with zero attached hydrogens (tertiary/aromatic N) is 2. The van der Waals surface area contributed by atoms with E-state index in [9.17, 15) is 4.79 Å². The zero-order valence-electron chi connectivity index (χ0n) is 13.9. The number of benzene rings is 2. The summed E-state index contributed by atoms with van der Waals surface area (Å²) in [5, 5.41) is 4.18. The predicted octanol–water partition coefficient (Wildman–Crippen LogP) is 3.27. The monoisotopic (exact) mass is 332 g/mol. The number of carbonyl (C=O) groups excluding carboxylic acids is 1. The van der Waals surface area contributed by atoms with Gasteiger partial charge in [0.2, 0.25) is 5.91 Å². The SMILES string of the molecule is O=C(CCn1ccc2ccccc21)NCCc1nc2ccccc2[nH]1. The highest BCUT2D eigenvalue weighted by atomic mass is 16.1. The molecule has 0 radical (unpaired) electrons. The van der Waals surface area contributed by atoms with E-state index in [1.54, 1.807) is 0 Å². The summed E-state index contributed by atoms with van der Waals surface area (Å²) >= 11 is 0. The molecular weight excluding hydrogens is 312 g/mol. The molecule has 0 bridgehead atoms. The van der Waals surface area contributed by atoms with Gasteiger partial charge in [0, 0.05) is 37.6 Å². The molecule has 0 fully saturated rings. The highest BCUT2D eigenvalue weighted by Crippen LogP contribution is 2.15. The van der Waals surface area contributed by atoms with E-state index in [1.165, 1.54) is 5.39 Å². The topological polar surface area (TPSA) is 62.7 Å². The molecule has 2 aromatic heterocycles. The molecule has 0 atom stereocenters. The van der Waals surface area contributed by atoms with Crippen LogP contribution in [-0.2, 0) is 17.8 Å². The van der Waals surface area contributed by atoms with Gasteiger partial charge < -0.3 is 14.9 Å². The standard InChI is InChI=1S/C20H20N4O/c25-20(11-14-24-13-10-15-5-1-4-8-18(15)24)21-12-9-19-22-16-6-2-3-7-17(16)23-19/h1-8,10,13H,9,11-12,14H2,(H,21,25)(H,22,23). The third kappa shape index (κ3) is 3.40. The molecule has 0 saturated heterocycles. The fourth-order valence-corrected chi connectivity index (χ4v) is 3.09. The first kappa shape index (κ1) is 15.4. The van der Waals surface area contributed by atoms with E-state index < -0.39 is 0 Å². The van der Waals surface area contributed by atoms with Crippen LogP contribution in [0.15, 0.2) is 60.8 Å². The van der Waals surface area contributed by atoms with E-state index in [4.69, 9.17) is 0 Å². The Morgan fingerprint density at radius 3 is 2.84 bits per heavy atom. The number of aryl methyl sites for hydroxylation is 1. The number of hydrogen-bond donors (Lipinski definition) is 2. The maximum Gasteiger partial charge on any atom is 0.221 e. The van der Waals surface area contributed by atoms with Gasteiger partial charge in [-0.15, -0.1) is 0 Å². The number of para-hydroxylation sites is 3. The van der Waals surface area contributed by atoms with Crippen LogP contribution in [0, 0.1) is 0 Å². The Balaban J connectivity index is 1.27. The first-order valence-electron chi connectivity index (χ1n) is 8.54. The van der Waals surface area contributed by atoms with E-state index in [0.29, 0.717) is 25.9 Å². The van der Waals surface area contributed by atoms with Gasteiger partial charge in [0.1, 0.15) is 5.82 Å². The zero-order valence-corrected chi connectivity index (χ0v) is 13.9. The molecule has 0 saturated carbocycles. The van der Waals surface area contributed by atoms with Gasteiger partial charge in [-0.25, -0.2) is 4.98 Å². The van der Waals surface area contributed by atoms with Crippen LogP contribution in [0.2, 0.25) is 0 Å².